The van der Waals surface area contributed by atoms with E-state index in [9.17, 15) is 4.79 Å². The van der Waals surface area contributed by atoms with Crippen molar-refractivity contribution in [2.75, 3.05) is 6.61 Å². The first-order chi connectivity index (χ1) is 13.1. The quantitative estimate of drug-likeness (QED) is 0.665. The van der Waals surface area contributed by atoms with Gasteiger partial charge >= 0.3 is 0 Å². The van der Waals surface area contributed by atoms with E-state index in [4.69, 9.17) is 4.74 Å². The fraction of sp³-hybridized carbons (Fsp3) is 0.273. The first-order valence-electron chi connectivity index (χ1n) is 9.12. The lowest BCUT2D eigenvalue weighted by Crippen LogP contribution is -2.24. The highest BCUT2D eigenvalue weighted by atomic mass is 16.5. The van der Waals surface area contributed by atoms with Gasteiger partial charge < -0.3 is 10.1 Å². The zero-order valence-electron chi connectivity index (χ0n) is 15.8. The molecule has 1 amide bonds. The number of rotatable bonds is 8. The van der Waals surface area contributed by atoms with E-state index in [2.05, 4.69) is 29.5 Å². The van der Waals surface area contributed by atoms with Gasteiger partial charge in [0.15, 0.2) is 0 Å². The predicted octanol–water partition coefficient (Wildman–Crippen LogP) is 3.63. The van der Waals surface area contributed by atoms with E-state index in [1.165, 1.54) is 16.7 Å². The number of aryl methyl sites for hydroxylation is 2. The average Bonchev–Trinajstić information content (AvgIpc) is 3.11. The third-order valence-corrected chi connectivity index (χ3v) is 4.44. The summed E-state index contributed by atoms with van der Waals surface area (Å²) in [6.45, 7) is 5.67. The van der Waals surface area contributed by atoms with Crippen molar-refractivity contribution in [2.45, 2.75) is 33.4 Å². The van der Waals surface area contributed by atoms with Gasteiger partial charge in [-0.1, -0.05) is 36.4 Å². The number of hydrogen-bond acceptors (Lipinski definition) is 3. The van der Waals surface area contributed by atoms with Gasteiger partial charge in [0.25, 0.3) is 0 Å². The maximum Gasteiger partial charge on any atom is 0.223 e. The van der Waals surface area contributed by atoms with E-state index in [-0.39, 0.29) is 5.91 Å². The largest absolute Gasteiger partial charge is 0.493 e. The number of nitrogens with zero attached hydrogens (tertiary/aromatic N) is 2. The van der Waals surface area contributed by atoms with E-state index in [0.29, 0.717) is 19.6 Å². The molecule has 3 rings (SSSR count). The molecule has 1 heterocycles. The minimum absolute atomic E-state index is 0.0327. The topological polar surface area (TPSA) is 56.1 Å². The number of benzene rings is 2. The van der Waals surface area contributed by atoms with E-state index < -0.39 is 0 Å². The molecule has 5 heteroatoms. The Morgan fingerprint density at radius 1 is 1.07 bits per heavy atom. The van der Waals surface area contributed by atoms with Crippen LogP contribution in [0.4, 0.5) is 0 Å². The van der Waals surface area contributed by atoms with Gasteiger partial charge in [0.05, 0.1) is 25.8 Å². The Hall–Kier alpha value is -3.08. The van der Waals surface area contributed by atoms with Gasteiger partial charge in [-0.05, 0) is 42.7 Å². The standard InChI is InChI=1S/C22H25N3O2/c1-17-8-9-21(12-18(17)2)27-11-10-22(26)23-13-20-14-24-25(16-20)15-19-6-4-3-5-7-19/h3-9,12,14,16H,10-11,13,15H2,1-2H3,(H,23,26). The molecule has 0 aliphatic carbocycles. The molecular weight excluding hydrogens is 338 g/mol. The number of nitrogens with one attached hydrogen (secondary N) is 1. The van der Waals surface area contributed by atoms with E-state index >= 15 is 0 Å². The molecule has 0 unspecified atom stereocenters. The number of aromatic nitrogens is 2. The Bertz CT molecular complexity index is 888. The van der Waals surface area contributed by atoms with Crippen molar-refractivity contribution in [1.82, 2.24) is 15.1 Å². The molecular formula is C22H25N3O2. The molecule has 0 radical (unpaired) electrons. The predicted molar refractivity (Wildman–Crippen MR) is 106 cm³/mol. The van der Waals surface area contributed by atoms with Gasteiger partial charge in [-0.3, -0.25) is 9.48 Å². The fourth-order valence-corrected chi connectivity index (χ4v) is 2.71. The van der Waals surface area contributed by atoms with Crippen molar-refractivity contribution < 1.29 is 9.53 Å². The molecule has 0 spiro atoms. The van der Waals surface area contributed by atoms with Crippen LogP contribution >= 0.6 is 0 Å². The zero-order valence-corrected chi connectivity index (χ0v) is 15.8. The molecule has 1 aromatic heterocycles. The summed E-state index contributed by atoms with van der Waals surface area (Å²) >= 11 is 0. The second kappa shape index (κ2) is 9.03. The molecule has 2 aromatic carbocycles. The average molecular weight is 363 g/mol. The van der Waals surface area contributed by atoms with Crippen LogP contribution in [-0.4, -0.2) is 22.3 Å². The molecule has 3 aromatic rings. The van der Waals surface area contributed by atoms with Crippen LogP contribution in [0.3, 0.4) is 0 Å². The van der Waals surface area contributed by atoms with Gasteiger partial charge in [0.1, 0.15) is 5.75 Å². The van der Waals surface area contributed by atoms with Gasteiger partial charge in [-0.25, -0.2) is 0 Å². The summed E-state index contributed by atoms with van der Waals surface area (Å²) in [4.78, 5) is 12.0. The van der Waals surface area contributed by atoms with E-state index in [0.717, 1.165) is 17.9 Å². The fourth-order valence-electron chi connectivity index (χ4n) is 2.71. The van der Waals surface area contributed by atoms with Gasteiger partial charge in [0.2, 0.25) is 5.91 Å². The van der Waals surface area contributed by atoms with E-state index in [1.54, 1.807) is 6.20 Å². The summed E-state index contributed by atoms with van der Waals surface area (Å²) in [6, 6.07) is 16.1. The minimum Gasteiger partial charge on any atom is -0.493 e. The maximum absolute atomic E-state index is 12.0. The molecule has 0 fully saturated rings. The summed E-state index contributed by atoms with van der Waals surface area (Å²) in [5.74, 6) is 0.766. The normalized spacial score (nSPS) is 10.6. The highest BCUT2D eigenvalue weighted by Gasteiger charge is 2.05. The van der Waals surface area contributed by atoms with Crippen LogP contribution in [0, 0.1) is 13.8 Å². The van der Waals surface area contributed by atoms with Gasteiger partial charge in [-0.2, -0.15) is 5.10 Å². The molecule has 1 N–H and O–H groups in total. The molecule has 0 aliphatic rings. The summed E-state index contributed by atoms with van der Waals surface area (Å²) in [7, 11) is 0. The van der Waals surface area contributed by atoms with E-state index in [1.807, 2.05) is 54.2 Å². The molecule has 5 nitrogen and oxygen atoms in total. The molecule has 0 atom stereocenters. The summed E-state index contributed by atoms with van der Waals surface area (Å²) in [5, 5.41) is 7.26. The zero-order chi connectivity index (χ0) is 19.1. The van der Waals surface area contributed by atoms with Crippen LogP contribution in [0.5, 0.6) is 5.75 Å². The van der Waals surface area contributed by atoms with Crippen molar-refractivity contribution in [2.24, 2.45) is 0 Å². The molecule has 0 aliphatic heterocycles. The Balaban J connectivity index is 1.39. The smallest absolute Gasteiger partial charge is 0.223 e. The molecule has 0 saturated heterocycles. The van der Waals surface area contributed by atoms with Crippen LogP contribution < -0.4 is 10.1 Å². The maximum atomic E-state index is 12.0. The Labute approximate surface area is 160 Å². The number of carbonyl (C=O) groups is 1. The van der Waals surface area contributed by atoms with Crippen molar-refractivity contribution in [1.29, 1.82) is 0 Å². The molecule has 0 bridgehead atoms. The highest BCUT2D eigenvalue weighted by Crippen LogP contribution is 2.16. The van der Waals surface area contributed by atoms with Crippen molar-refractivity contribution in [3.8, 4) is 5.75 Å². The molecule has 27 heavy (non-hydrogen) atoms. The van der Waals surface area contributed by atoms with Gasteiger partial charge in [-0.15, -0.1) is 0 Å². The number of ether oxygens (including phenoxy) is 1. The summed E-state index contributed by atoms with van der Waals surface area (Å²) in [5.41, 5.74) is 4.59. The number of carbonyl (C=O) groups excluding carboxylic acids is 1. The lowest BCUT2D eigenvalue weighted by atomic mass is 10.1. The second-order valence-corrected chi connectivity index (χ2v) is 6.65. The highest BCUT2D eigenvalue weighted by molar-refractivity contribution is 5.75. The SMILES string of the molecule is Cc1ccc(OCCC(=O)NCc2cnn(Cc3ccccc3)c2)cc1C. The lowest BCUT2D eigenvalue weighted by Gasteiger charge is -2.08. The summed E-state index contributed by atoms with van der Waals surface area (Å²) in [6.07, 6.45) is 4.07. The van der Waals surface area contributed by atoms with Crippen molar-refractivity contribution >= 4 is 5.91 Å². The molecule has 140 valence electrons. The van der Waals surface area contributed by atoms with Crippen LogP contribution in [0.15, 0.2) is 60.9 Å². The first kappa shape index (κ1) is 18.7. The number of hydrogen-bond donors (Lipinski definition) is 1. The third kappa shape index (κ3) is 5.71. The van der Waals surface area contributed by atoms with Crippen molar-refractivity contribution in [3.05, 3.63) is 83.2 Å². The second-order valence-electron chi connectivity index (χ2n) is 6.65. The minimum atomic E-state index is -0.0327. The van der Waals surface area contributed by atoms with Crippen LogP contribution in [0.1, 0.15) is 28.7 Å². The summed E-state index contributed by atoms with van der Waals surface area (Å²) < 4.78 is 7.53. The Morgan fingerprint density at radius 3 is 2.67 bits per heavy atom. The lowest BCUT2D eigenvalue weighted by molar-refractivity contribution is -0.121. The third-order valence-electron chi connectivity index (χ3n) is 4.44. The van der Waals surface area contributed by atoms with Crippen LogP contribution in [0.2, 0.25) is 0 Å². The van der Waals surface area contributed by atoms with Crippen molar-refractivity contribution in [3.63, 3.8) is 0 Å². The Kier molecular flexibility index (Phi) is 6.26. The first-order valence-corrected chi connectivity index (χ1v) is 9.12. The number of amides is 1. The van der Waals surface area contributed by atoms with Gasteiger partial charge in [0, 0.05) is 18.3 Å². The van der Waals surface area contributed by atoms with Crippen LogP contribution in [-0.2, 0) is 17.9 Å². The van der Waals surface area contributed by atoms with Crippen LogP contribution in [0.25, 0.3) is 0 Å². The monoisotopic (exact) mass is 363 g/mol. The molecule has 0 saturated carbocycles. The Morgan fingerprint density at radius 2 is 1.89 bits per heavy atom.